The van der Waals surface area contributed by atoms with E-state index in [1.165, 1.54) is 49.7 Å². The molecule has 0 radical (unpaired) electrons. The van der Waals surface area contributed by atoms with Crippen LogP contribution < -0.4 is 0 Å². The fourth-order valence-corrected chi connectivity index (χ4v) is 4.25. The van der Waals surface area contributed by atoms with Gasteiger partial charge in [-0.15, -0.1) is 0 Å². The molecule has 0 aliphatic heterocycles. The van der Waals surface area contributed by atoms with Gasteiger partial charge >= 0.3 is 0 Å². The van der Waals surface area contributed by atoms with Gasteiger partial charge in [0.25, 0.3) is 0 Å². The summed E-state index contributed by atoms with van der Waals surface area (Å²) in [5.41, 5.74) is 9.59. The topological polar surface area (TPSA) is 17.8 Å². The second-order valence-electron chi connectivity index (χ2n) is 7.40. The Morgan fingerprint density at radius 1 is 0.714 bits per heavy atom. The number of hydrogen-bond donors (Lipinski definition) is 0. The van der Waals surface area contributed by atoms with Gasteiger partial charge in [0.1, 0.15) is 0 Å². The molecule has 3 aromatic carbocycles. The van der Waals surface area contributed by atoms with E-state index in [0.717, 1.165) is 5.69 Å². The van der Waals surface area contributed by atoms with Crippen molar-refractivity contribution >= 4 is 34.0 Å². The van der Waals surface area contributed by atoms with Crippen LogP contribution in [-0.4, -0.2) is 9.55 Å². The third-order valence-corrected chi connectivity index (χ3v) is 5.72. The quantitative estimate of drug-likeness (QED) is 0.339. The predicted molar refractivity (Wildman–Crippen MR) is 118 cm³/mol. The molecule has 0 unspecified atom stereocenters. The van der Waals surface area contributed by atoms with Crippen LogP contribution in [0, 0.1) is 6.92 Å². The van der Waals surface area contributed by atoms with Crippen molar-refractivity contribution in [1.29, 1.82) is 0 Å². The lowest BCUT2D eigenvalue weighted by Gasteiger charge is -2.14. The van der Waals surface area contributed by atoms with Crippen LogP contribution >= 0.6 is 0 Å². The first-order chi connectivity index (χ1) is 13.8. The van der Waals surface area contributed by atoms with Gasteiger partial charge in [0.05, 0.1) is 16.7 Å². The second kappa shape index (κ2) is 5.67. The highest BCUT2D eigenvalue weighted by Crippen LogP contribution is 2.37. The van der Waals surface area contributed by atoms with Crippen LogP contribution in [0.2, 0.25) is 0 Å². The SMILES string of the molecule is Cc1cc2c3ccccc3n(-c3ccccc3)c2cc1-c1cc2c(cn1)C=C2. The number of fused-ring (bicyclic) bond motifs is 4. The Kier molecular flexibility index (Phi) is 3.12. The average Bonchev–Trinajstić information content (AvgIpc) is 3.02. The molecule has 0 saturated heterocycles. The lowest BCUT2D eigenvalue weighted by molar-refractivity contribution is 1.18. The first-order valence-electron chi connectivity index (χ1n) is 9.57. The highest BCUT2D eigenvalue weighted by Gasteiger charge is 2.16. The normalized spacial score (nSPS) is 12.3. The molecule has 132 valence electrons. The Morgan fingerprint density at radius 2 is 1.50 bits per heavy atom. The summed E-state index contributed by atoms with van der Waals surface area (Å²) in [4.78, 5) is 4.72. The van der Waals surface area contributed by atoms with Crippen LogP contribution in [0.4, 0.5) is 0 Å². The molecule has 6 rings (SSSR count). The van der Waals surface area contributed by atoms with Crippen molar-refractivity contribution in [1.82, 2.24) is 9.55 Å². The highest BCUT2D eigenvalue weighted by molar-refractivity contribution is 6.10. The van der Waals surface area contributed by atoms with E-state index in [1.807, 2.05) is 6.20 Å². The summed E-state index contributed by atoms with van der Waals surface area (Å²) >= 11 is 0. The summed E-state index contributed by atoms with van der Waals surface area (Å²) in [6.07, 6.45) is 6.23. The zero-order valence-corrected chi connectivity index (χ0v) is 15.6. The maximum Gasteiger partial charge on any atom is 0.0711 e. The van der Waals surface area contributed by atoms with Gasteiger partial charge in [0, 0.05) is 33.8 Å². The molecule has 5 aromatic rings. The third-order valence-electron chi connectivity index (χ3n) is 5.72. The molecule has 0 N–H and O–H groups in total. The standard InChI is InChI=1S/C26H18N2/c1-17-13-23-21-9-5-6-10-25(21)28(20-7-3-2-4-8-20)26(23)15-22(17)24-14-18-11-12-19(18)16-27-24/h2-16H,1H3. The summed E-state index contributed by atoms with van der Waals surface area (Å²) < 4.78 is 2.36. The van der Waals surface area contributed by atoms with Crippen LogP contribution in [0.15, 0.2) is 79.0 Å². The predicted octanol–water partition coefficient (Wildman–Crippen LogP) is 6.64. The zero-order chi connectivity index (χ0) is 18.7. The van der Waals surface area contributed by atoms with Crippen molar-refractivity contribution in [2.75, 3.05) is 0 Å². The number of rotatable bonds is 2. The number of para-hydroxylation sites is 2. The van der Waals surface area contributed by atoms with E-state index in [2.05, 4.69) is 96.4 Å². The van der Waals surface area contributed by atoms with Gasteiger partial charge in [-0.1, -0.05) is 48.6 Å². The Balaban J connectivity index is 1.70. The molecular weight excluding hydrogens is 340 g/mol. The van der Waals surface area contributed by atoms with Gasteiger partial charge in [-0.05, 0) is 54.4 Å². The van der Waals surface area contributed by atoms with E-state index < -0.39 is 0 Å². The fraction of sp³-hybridized carbons (Fsp3) is 0.0385. The number of aryl methyl sites for hydroxylation is 1. The molecule has 2 nitrogen and oxygen atoms in total. The number of pyridine rings is 1. The van der Waals surface area contributed by atoms with Crippen LogP contribution in [0.1, 0.15) is 16.7 Å². The maximum atomic E-state index is 4.72. The van der Waals surface area contributed by atoms with Crippen molar-refractivity contribution in [2.24, 2.45) is 0 Å². The van der Waals surface area contributed by atoms with Crippen LogP contribution in [0.5, 0.6) is 0 Å². The molecule has 2 heteroatoms. The first kappa shape index (κ1) is 15.4. The highest BCUT2D eigenvalue weighted by atomic mass is 15.0. The van der Waals surface area contributed by atoms with Crippen molar-refractivity contribution in [3.8, 4) is 16.9 Å². The van der Waals surface area contributed by atoms with E-state index in [-0.39, 0.29) is 0 Å². The summed E-state index contributed by atoms with van der Waals surface area (Å²) in [5.74, 6) is 0. The Bertz CT molecular complexity index is 1410. The lowest BCUT2D eigenvalue weighted by Crippen LogP contribution is -1.96. The van der Waals surface area contributed by atoms with E-state index in [1.54, 1.807) is 0 Å². The monoisotopic (exact) mass is 358 g/mol. The van der Waals surface area contributed by atoms with Gasteiger partial charge in [-0.25, -0.2) is 0 Å². The maximum absolute atomic E-state index is 4.72. The number of hydrogen-bond acceptors (Lipinski definition) is 1. The van der Waals surface area contributed by atoms with Crippen LogP contribution in [0.3, 0.4) is 0 Å². The van der Waals surface area contributed by atoms with Crippen LogP contribution in [-0.2, 0) is 0 Å². The average molecular weight is 358 g/mol. The molecule has 0 amide bonds. The van der Waals surface area contributed by atoms with E-state index >= 15 is 0 Å². The molecular formula is C26H18N2. The Morgan fingerprint density at radius 3 is 2.29 bits per heavy atom. The number of benzene rings is 3. The minimum Gasteiger partial charge on any atom is -0.309 e. The summed E-state index contributed by atoms with van der Waals surface area (Å²) in [6.45, 7) is 2.18. The molecule has 0 saturated carbocycles. The van der Waals surface area contributed by atoms with E-state index in [0.29, 0.717) is 0 Å². The summed E-state index contributed by atoms with van der Waals surface area (Å²) in [6, 6.07) is 26.0. The van der Waals surface area contributed by atoms with Crippen LogP contribution in [0.25, 0.3) is 50.9 Å². The van der Waals surface area contributed by atoms with Crippen molar-refractivity contribution in [3.63, 3.8) is 0 Å². The van der Waals surface area contributed by atoms with Gasteiger partial charge in [0.15, 0.2) is 0 Å². The number of nitrogens with zero attached hydrogens (tertiary/aromatic N) is 2. The molecule has 0 spiro atoms. The Labute approximate surface area is 163 Å². The zero-order valence-electron chi connectivity index (χ0n) is 15.6. The van der Waals surface area contributed by atoms with Crippen molar-refractivity contribution < 1.29 is 0 Å². The molecule has 2 aromatic heterocycles. The minimum absolute atomic E-state index is 1.03. The smallest absolute Gasteiger partial charge is 0.0711 e. The molecule has 1 aliphatic rings. The van der Waals surface area contributed by atoms with Crippen molar-refractivity contribution in [2.45, 2.75) is 6.92 Å². The second-order valence-corrected chi connectivity index (χ2v) is 7.40. The fourth-order valence-electron chi connectivity index (χ4n) is 4.25. The lowest BCUT2D eigenvalue weighted by atomic mass is 9.95. The van der Waals surface area contributed by atoms with Crippen molar-refractivity contribution in [3.05, 3.63) is 95.7 Å². The molecule has 0 bridgehead atoms. The first-order valence-corrected chi connectivity index (χ1v) is 9.57. The summed E-state index contributed by atoms with van der Waals surface area (Å²) in [7, 11) is 0. The van der Waals surface area contributed by atoms with E-state index in [4.69, 9.17) is 4.98 Å². The Hall–Kier alpha value is -3.65. The molecule has 1 aliphatic carbocycles. The number of aromatic nitrogens is 2. The molecule has 28 heavy (non-hydrogen) atoms. The third kappa shape index (κ3) is 2.12. The minimum atomic E-state index is 1.03. The van der Waals surface area contributed by atoms with Gasteiger partial charge in [-0.2, -0.15) is 0 Å². The van der Waals surface area contributed by atoms with E-state index in [9.17, 15) is 0 Å². The largest absolute Gasteiger partial charge is 0.309 e. The molecule has 2 heterocycles. The summed E-state index contributed by atoms with van der Waals surface area (Å²) in [5, 5.41) is 2.56. The molecule has 0 fully saturated rings. The van der Waals surface area contributed by atoms with Gasteiger partial charge in [0.2, 0.25) is 0 Å². The molecule has 0 atom stereocenters. The van der Waals surface area contributed by atoms with Gasteiger partial charge < -0.3 is 4.57 Å². The van der Waals surface area contributed by atoms with Gasteiger partial charge in [-0.3, -0.25) is 4.98 Å².